The summed E-state index contributed by atoms with van der Waals surface area (Å²) in [5.74, 6) is -0.378. The van der Waals surface area contributed by atoms with Crippen LogP contribution in [0.5, 0.6) is 0 Å². The fourth-order valence-corrected chi connectivity index (χ4v) is 0.284. The van der Waals surface area contributed by atoms with E-state index in [9.17, 15) is 4.21 Å². The maximum atomic E-state index is 9.79. The van der Waals surface area contributed by atoms with Crippen molar-refractivity contribution in [3.8, 4) is 0 Å². The van der Waals surface area contributed by atoms with Crippen molar-refractivity contribution >= 4 is 22.6 Å². The highest BCUT2D eigenvalue weighted by Crippen LogP contribution is 1.61. The molecule has 0 fully saturated rings. The van der Waals surface area contributed by atoms with Gasteiger partial charge in [0.1, 0.15) is 5.55 Å². The van der Waals surface area contributed by atoms with Crippen molar-refractivity contribution in [1.29, 1.82) is 5.41 Å². The molecule has 52 valence electrons. The Morgan fingerprint density at radius 1 is 2.00 bits per heavy atom. The molecule has 0 aromatic heterocycles. The first-order chi connectivity index (χ1) is 4.13. The standard InChI is InChI=1S/C2H6N4O2S/c3-2(4)6-5-1-9(7)8/h1H,(H,7,8)(H4,3,4,6). The van der Waals surface area contributed by atoms with Crippen molar-refractivity contribution in [1.82, 2.24) is 5.43 Å². The van der Waals surface area contributed by atoms with Crippen molar-refractivity contribution in [3.63, 3.8) is 0 Å². The second-order valence-corrected chi connectivity index (χ2v) is 1.80. The molecule has 0 heterocycles. The lowest BCUT2D eigenvalue weighted by Crippen LogP contribution is -2.25. The fourth-order valence-electron chi connectivity index (χ4n) is 0.141. The quantitative estimate of drug-likeness (QED) is 0.168. The minimum atomic E-state index is -2.09. The minimum absolute atomic E-state index is 0.378. The van der Waals surface area contributed by atoms with Gasteiger partial charge in [-0.15, -0.1) is 0 Å². The molecule has 5 N–H and O–H groups in total. The van der Waals surface area contributed by atoms with Crippen LogP contribution in [0.15, 0.2) is 5.10 Å². The van der Waals surface area contributed by atoms with Gasteiger partial charge in [-0.2, -0.15) is 5.10 Å². The maximum absolute atomic E-state index is 9.79. The van der Waals surface area contributed by atoms with Crippen molar-refractivity contribution in [2.75, 3.05) is 0 Å². The van der Waals surface area contributed by atoms with Crippen LogP contribution >= 0.6 is 0 Å². The van der Waals surface area contributed by atoms with E-state index in [0.29, 0.717) is 5.55 Å². The molecule has 0 rings (SSSR count). The Kier molecular flexibility index (Phi) is 3.56. The second kappa shape index (κ2) is 3.98. The van der Waals surface area contributed by atoms with Gasteiger partial charge in [-0.05, 0) is 0 Å². The molecule has 0 aliphatic carbocycles. The van der Waals surface area contributed by atoms with E-state index in [2.05, 4.69) is 5.10 Å². The summed E-state index contributed by atoms with van der Waals surface area (Å²) in [5.41, 5.74) is 7.42. The van der Waals surface area contributed by atoms with Gasteiger partial charge in [-0.3, -0.25) is 5.41 Å². The molecule has 0 saturated heterocycles. The molecule has 0 aromatic carbocycles. The SMILES string of the molecule is N=C(N)NN=CS(=O)O. The molecule has 6 nitrogen and oxygen atoms in total. The van der Waals surface area contributed by atoms with Crippen LogP contribution in [-0.2, 0) is 11.1 Å². The van der Waals surface area contributed by atoms with Gasteiger partial charge in [0.15, 0.2) is 11.1 Å². The summed E-state index contributed by atoms with van der Waals surface area (Å²) in [6, 6.07) is 0. The van der Waals surface area contributed by atoms with E-state index in [1.54, 1.807) is 0 Å². The second-order valence-electron chi connectivity index (χ2n) is 1.04. The van der Waals surface area contributed by atoms with E-state index in [4.69, 9.17) is 15.7 Å². The van der Waals surface area contributed by atoms with Gasteiger partial charge in [0.25, 0.3) is 0 Å². The first kappa shape index (κ1) is 8.05. The fraction of sp³-hybridized carbons (Fsp3) is 0. The highest BCUT2D eigenvalue weighted by Gasteiger charge is 1.81. The van der Waals surface area contributed by atoms with Gasteiger partial charge in [0, 0.05) is 0 Å². The van der Waals surface area contributed by atoms with Gasteiger partial charge in [0.2, 0.25) is 5.96 Å². The Morgan fingerprint density at radius 3 is 2.89 bits per heavy atom. The molecule has 1 unspecified atom stereocenters. The number of hydrogen-bond acceptors (Lipinski definition) is 3. The van der Waals surface area contributed by atoms with Gasteiger partial charge in [-0.1, -0.05) is 0 Å². The topological polar surface area (TPSA) is 112 Å². The zero-order valence-corrected chi connectivity index (χ0v) is 5.18. The van der Waals surface area contributed by atoms with Crippen LogP contribution in [0.4, 0.5) is 0 Å². The summed E-state index contributed by atoms with van der Waals surface area (Å²) >= 11 is -2.09. The van der Waals surface area contributed by atoms with E-state index < -0.39 is 11.1 Å². The predicted molar refractivity (Wildman–Crippen MR) is 34.3 cm³/mol. The van der Waals surface area contributed by atoms with Crippen LogP contribution in [-0.4, -0.2) is 20.3 Å². The Labute approximate surface area is 53.9 Å². The van der Waals surface area contributed by atoms with Crippen LogP contribution in [0.25, 0.3) is 0 Å². The molecule has 0 aliphatic rings. The summed E-state index contributed by atoms with van der Waals surface area (Å²) in [6.45, 7) is 0. The van der Waals surface area contributed by atoms with Crippen molar-refractivity contribution in [2.45, 2.75) is 0 Å². The van der Waals surface area contributed by atoms with Crippen LogP contribution in [0, 0.1) is 5.41 Å². The Balaban J connectivity index is 3.48. The highest BCUT2D eigenvalue weighted by molar-refractivity contribution is 7.93. The van der Waals surface area contributed by atoms with Gasteiger partial charge in [0.05, 0.1) is 0 Å². The Bertz CT molecular complexity index is 155. The Hall–Kier alpha value is -0.950. The lowest BCUT2D eigenvalue weighted by molar-refractivity contribution is 0.578. The zero-order chi connectivity index (χ0) is 7.28. The van der Waals surface area contributed by atoms with Crippen LogP contribution < -0.4 is 11.2 Å². The zero-order valence-electron chi connectivity index (χ0n) is 4.37. The molecule has 0 amide bonds. The molecule has 0 aliphatic heterocycles. The van der Waals surface area contributed by atoms with Gasteiger partial charge < -0.3 is 10.3 Å². The summed E-state index contributed by atoms with van der Waals surface area (Å²) in [4.78, 5) is 0. The monoisotopic (exact) mass is 150 g/mol. The number of rotatable bonds is 2. The van der Waals surface area contributed by atoms with Crippen LogP contribution in [0.2, 0.25) is 0 Å². The predicted octanol–water partition coefficient (Wildman–Crippen LogP) is -1.37. The molecule has 7 heteroatoms. The van der Waals surface area contributed by atoms with Crippen molar-refractivity contribution < 1.29 is 8.76 Å². The molecule has 0 bridgehead atoms. The van der Waals surface area contributed by atoms with Crippen molar-refractivity contribution in [3.05, 3.63) is 0 Å². The molecular weight excluding hydrogens is 144 g/mol. The number of guanidine groups is 1. The summed E-state index contributed by atoms with van der Waals surface area (Å²) in [6.07, 6.45) is 0. The lowest BCUT2D eigenvalue weighted by Gasteiger charge is -1.89. The highest BCUT2D eigenvalue weighted by atomic mass is 32.2. The first-order valence-corrected chi connectivity index (χ1v) is 3.03. The van der Waals surface area contributed by atoms with E-state index in [1.807, 2.05) is 5.43 Å². The molecule has 9 heavy (non-hydrogen) atoms. The lowest BCUT2D eigenvalue weighted by atomic mass is 11.1. The molecule has 1 atom stereocenters. The van der Waals surface area contributed by atoms with E-state index in [1.165, 1.54) is 0 Å². The Morgan fingerprint density at radius 2 is 2.56 bits per heavy atom. The third kappa shape index (κ3) is 7.05. The molecule has 0 saturated carbocycles. The van der Waals surface area contributed by atoms with E-state index in [-0.39, 0.29) is 5.96 Å². The number of nitrogens with zero attached hydrogens (tertiary/aromatic N) is 1. The minimum Gasteiger partial charge on any atom is -0.369 e. The summed E-state index contributed by atoms with van der Waals surface area (Å²) in [7, 11) is 0. The molecule has 0 spiro atoms. The molecular formula is C2H6N4O2S. The van der Waals surface area contributed by atoms with Gasteiger partial charge >= 0.3 is 0 Å². The van der Waals surface area contributed by atoms with Crippen molar-refractivity contribution in [2.24, 2.45) is 10.8 Å². The largest absolute Gasteiger partial charge is 0.369 e. The number of hydrazone groups is 1. The number of hydrogen-bond donors (Lipinski definition) is 4. The smallest absolute Gasteiger partial charge is 0.206 e. The van der Waals surface area contributed by atoms with E-state index >= 15 is 0 Å². The average Bonchev–Trinajstić information content (AvgIpc) is 1.63. The summed E-state index contributed by atoms with van der Waals surface area (Å²) < 4.78 is 17.8. The normalized spacial score (nSPS) is 13.4. The van der Waals surface area contributed by atoms with Gasteiger partial charge in [-0.25, -0.2) is 9.63 Å². The van der Waals surface area contributed by atoms with Crippen LogP contribution in [0.3, 0.4) is 0 Å². The third-order valence-electron chi connectivity index (χ3n) is 0.328. The molecule has 0 aromatic rings. The van der Waals surface area contributed by atoms with E-state index in [0.717, 1.165) is 0 Å². The maximum Gasteiger partial charge on any atom is 0.206 e. The average molecular weight is 150 g/mol. The third-order valence-corrected chi connectivity index (χ3v) is 0.614. The van der Waals surface area contributed by atoms with Crippen LogP contribution in [0.1, 0.15) is 0 Å². The number of nitrogens with two attached hydrogens (primary N) is 1. The summed E-state index contributed by atoms with van der Waals surface area (Å²) in [5, 5.41) is 9.61. The first-order valence-electron chi connectivity index (χ1n) is 1.86. The number of nitrogens with one attached hydrogen (secondary N) is 2. The molecule has 0 radical (unpaired) electrons.